The Morgan fingerprint density at radius 2 is 1.80 bits per heavy atom. The predicted molar refractivity (Wildman–Crippen MR) is 77.1 cm³/mol. The molecule has 0 saturated heterocycles. The largest absolute Gasteiger partial charge is 0.469 e. The van der Waals surface area contributed by atoms with Gasteiger partial charge in [-0.05, 0) is 31.5 Å². The molecular weight excluding hydrogens is 278 g/mol. The minimum absolute atomic E-state index is 0.266. The number of esters is 1. The van der Waals surface area contributed by atoms with Crippen molar-refractivity contribution in [2.45, 2.75) is 25.3 Å². The summed E-state index contributed by atoms with van der Waals surface area (Å²) in [7, 11) is -1.79. The van der Waals surface area contributed by atoms with Crippen molar-refractivity contribution in [3.63, 3.8) is 0 Å². The highest BCUT2D eigenvalue weighted by Gasteiger charge is 2.27. The Morgan fingerprint density at radius 1 is 1.25 bits per heavy atom. The van der Waals surface area contributed by atoms with Gasteiger partial charge in [0.2, 0.25) is 0 Å². The number of carbonyl (C=O) groups excluding carboxylic acids is 1. The van der Waals surface area contributed by atoms with Crippen LogP contribution in [0.25, 0.3) is 0 Å². The Bertz CT molecular complexity index is 561. The molecule has 0 fully saturated rings. The van der Waals surface area contributed by atoms with Crippen LogP contribution in [-0.4, -0.2) is 34.3 Å². The van der Waals surface area contributed by atoms with Crippen LogP contribution < -0.4 is 5.32 Å². The fourth-order valence-electron chi connectivity index (χ4n) is 1.72. The van der Waals surface area contributed by atoms with Crippen LogP contribution in [0.3, 0.4) is 0 Å². The number of sulfone groups is 1. The van der Waals surface area contributed by atoms with Crippen LogP contribution in [0.1, 0.15) is 19.4 Å². The van der Waals surface area contributed by atoms with Crippen molar-refractivity contribution < 1.29 is 17.9 Å². The number of benzene rings is 1. The molecular formula is C14H21NO4S. The summed E-state index contributed by atoms with van der Waals surface area (Å²) in [6, 6.07) is 6.68. The molecule has 0 spiro atoms. The first kappa shape index (κ1) is 16.7. The molecule has 1 rings (SSSR count). The molecule has 112 valence electrons. The quantitative estimate of drug-likeness (QED) is 0.803. The van der Waals surface area contributed by atoms with Crippen molar-refractivity contribution in [1.29, 1.82) is 0 Å². The number of hydrogen-bond acceptors (Lipinski definition) is 5. The predicted octanol–water partition coefficient (Wildman–Crippen LogP) is 1.38. The van der Waals surface area contributed by atoms with E-state index in [1.54, 1.807) is 38.1 Å². The second-order valence-corrected chi connectivity index (χ2v) is 7.41. The van der Waals surface area contributed by atoms with Gasteiger partial charge in [-0.2, -0.15) is 0 Å². The van der Waals surface area contributed by atoms with E-state index in [-0.39, 0.29) is 5.97 Å². The molecule has 0 unspecified atom stereocenters. The van der Waals surface area contributed by atoms with Gasteiger partial charge in [0.25, 0.3) is 0 Å². The van der Waals surface area contributed by atoms with Crippen molar-refractivity contribution in [2.24, 2.45) is 5.41 Å². The first-order valence-electron chi connectivity index (χ1n) is 6.25. The Labute approximate surface area is 120 Å². The number of hydrogen-bond donors (Lipinski definition) is 1. The molecule has 1 N–H and O–H groups in total. The van der Waals surface area contributed by atoms with Gasteiger partial charge in [0, 0.05) is 19.3 Å². The van der Waals surface area contributed by atoms with Gasteiger partial charge in [0.05, 0.1) is 17.4 Å². The highest BCUT2D eigenvalue weighted by atomic mass is 32.2. The van der Waals surface area contributed by atoms with Crippen LogP contribution in [-0.2, 0) is 25.9 Å². The minimum Gasteiger partial charge on any atom is -0.469 e. The topological polar surface area (TPSA) is 72.5 Å². The van der Waals surface area contributed by atoms with Crippen LogP contribution in [0.4, 0.5) is 0 Å². The Kier molecular flexibility index (Phi) is 5.30. The lowest BCUT2D eigenvalue weighted by molar-refractivity contribution is -0.150. The van der Waals surface area contributed by atoms with Gasteiger partial charge in [-0.15, -0.1) is 0 Å². The molecule has 1 aromatic carbocycles. The summed E-state index contributed by atoms with van der Waals surface area (Å²) in [5.41, 5.74) is 0.361. The molecule has 0 aliphatic rings. The van der Waals surface area contributed by atoms with Gasteiger partial charge < -0.3 is 10.1 Å². The van der Waals surface area contributed by atoms with E-state index in [0.29, 0.717) is 18.0 Å². The van der Waals surface area contributed by atoms with Crippen LogP contribution in [0.15, 0.2) is 29.2 Å². The minimum atomic E-state index is -3.16. The number of carbonyl (C=O) groups is 1. The molecule has 0 saturated carbocycles. The van der Waals surface area contributed by atoms with Gasteiger partial charge in [0.1, 0.15) is 0 Å². The van der Waals surface area contributed by atoms with E-state index in [1.165, 1.54) is 13.4 Å². The van der Waals surface area contributed by atoms with Crippen LogP contribution in [0.5, 0.6) is 0 Å². The van der Waals surface area contributed by atoms with Crippen molar-refractivity contribution >= 4 is 15.8 Å². The van der Waals surface area contributed by atoms with Crippen LogP contribution >= 0.6 is 0 Å². The number of nitrogens with one attached hydrogen (secondary N) is 1. The Balaban J connectivity index is 2.57. The zero-order chi connectivity index (χ0) is 15.4. The van der Waals surface area contributed by atoms with Gasteiger partial charge >= 0.3 is 5.97 Å². The standard InChI is InChI=1S/C14H21NO4S/c1-14(2,13(16)19-3)10-15-9-11-5-7-12(8-6-11)20(4,17)18/h5-8,15H,9-10H2,1-4H3. The lowest BCUT2D eigenvalue weighted by Gasteiger charge is -2.21. The summed E-state index contributed by atoms with van der Waals surface area (Å²) in [6.45, 7) is 4.65. The smallest absolute Gasteiger partial charge is 0.312 e. The molecule has 0 aliphatic heterocycles. The van der Waals surface area contributed by atoms with Crippen molar-refractivity contribution in [2.75, 3.05) is 19.9 Å². The van der Waals surface area contributed by atoms with E-state index in [2.05, 4.69) is 5.32 Å². The first-order chi connectivity index (χ1) is 9.16. The third-order valence-electron chi connectivity index (χ3n) is 2.99. The Morgan fingerprint density at radius 3 is 2.25 bits per heavy atom. The van der Waals surface area contributed by atoms with E-state index in [4.69, 9.17) is 4.74 Å². The fourth-order valence-corrected chi connectivity index (χ4v) is 2.35. The molecule has 1 aromatic rings. The molecule has 6 heteroatoms. The summed E-state index contributed by atoms with van der Waals surface area (Å²) in [5.74, 6) is -0.266. The van der Waals surface area contributed by atoms with Crippen molar-refractivity contribution in [3.8, 4) is 0 Å². The van der Waals surface area contributed by atoms with E-state index in [1.807, 2.05) is 0 Å². The SMILES string of the molecule is COC(=O)C(C)(C)CNCc1ccc(S(C)(=O)=O)cc1. The average molecular weight is 299 g/mol. The Hall–Kier alpha value is -1.40. The van der Waals surface area contributed by atoms with Crippen LogP contribution in [0.2, 0.25) is 0 Å². The fraction of sp³-hybridized carbons (Fsp3) is 0.500. The molecule has 0 bridgehead atoms. The molecule has 0 aliphatic carbocycles. The molecule has 0 heterocycles. The lowest BCUT2D eigenvalue weighted by Crippen LogP contribution is -2.36. The summed E-state index contributed by atoms with van der Waals surface area (Å²) in [4.78, 5) is 11.8. The highest BCUT2D eigenvalue weighted by Crippen LogP contribution is 2.16. The third-order valence-corrected chi connectivity index (χ3v) is 4.11. The number of rotatable bonds is 6. The van der Waals surface area contributed by atoms with E-state index in [0.717, 1.165) is 5.56 Å². The van der Waals surface area contributed by atoms with E-state index in [9.17, 15) is 13.2 Å². The molecule has 0 atom stereocenters. The third kappa shape index (κ3) is 4.61. The second-order valence-electron chi connectivity index (χ2n) is 5.40. The lowest BCUT2D eigenvalue weighted by atomic mass is 9.94. The van der Waals surface area contributed by atoms with Crippen molar-refractivity contribution in [3.05, 3.63) is 29.8 Å². The van der Waals surface area contributed by atoms with E-state index >= 15 is 0 Å². The van der Waals surface area contributed by atoms with Gasteiger partial charge in [-0.3, -0.25) is 4.79 Å². The average Bonchev–Trinajstić information content (AvgIpc) is 2.37. The molecule has 20 heavy (non-hydrogen) atoms. The van der Waals surface area contributed by atoms with Crippen LogP contribution in [0, 0.1) is 5.41 Å². The maximum absolute atomic E-state index is 11.5. The molecule has 0 aromatic heterocycles. The summed E-state index contributed by atoms with van der Waals surface area (Å²) >= 11 is 0. The van der Waals surface area contributed by atoms with Crippen molar-refractivity contribution in [1.82, 2.24) is 5.32 Å². The highest BCUT2D eigenvalue weighted by molar-refractivity contribution is 7.90. The molecule has 5 nitrogen and oxygen atoms in total. The summed E-state index contributed by atoms with van der Waals surface area (Å²) in [6.07, 6.45) is 1.18. The first-order valence-corrected chi connectivity index (χ1v) is 8.14. The normalized spacial score (nSPS) is 12.2. The van der Waals surface area contributed by atoms with Gasteiger partial charge in [0.15, 0.2) is 9.84 Å². The zero-order valence-corrected chi connectivity index (χ0v) is 13.1. The van der Waals surface area contributed by atoms with Gasteiger partial charge in [-0.25, -0.2) is 8.42 Å². The second kappa shape index (κ2) is 6.37. The number of methoxy groups -OCH3 is 1. The molecule has 0 amide bonds. The summed E-state index contributed by atoms with van der Waals surface area (Å²) in [5, 5.41) is 3.17. The van der Waals surface area contributed by atoms with Gasteiger partial charge in [-0.1, -0.05) is 12.1 Å². The number of ether oxygens (including phenoxy) is 1. The molecule has 0 radical (unpaired) electrons. The van der Waals surface area contributed by atoms with E-state index < -0.39 is 15.3 Å². The summed E-state index contributed by atoms with van der Waals surface area (Å²) < 4.78 is 27.4. The monoisotopic (exact) mass is 299 g/mol. The maximum atomic E-state index is 11.5. The maximum Gasteiger partial charge on any atom is 0.312 e. The zero-order valence-electron chi connectivity index (χ0n) is 12.3.